The molecule has 2 aromatic rings. The molecule has 2 aliphatic rings. The number of hydrogen-bond acceptors (Lipinski definition) is 5. The number of carbonyl (C=O) groups excluding carboxylic acids is 1. The summed E-state index contributed by atoms with van der Waals surface area (Å²) in [5, 5.41) is 19.5. The lowest BCUT2D eigenvalue weighted by Crippen LogP contribution is -2.43. The molecule has 1 atom stereocenters. The van der Waals surface area contributed by atoms with E-state index in [-0.39, 0.29) is 11.8 Å². The highest BCUT2D eigenvalue weighted by Gasteiger charge is 2.45. The van der Waals surface area contributed by atoms with Crippen molar-refractivity contribution >= 4 is 22.4 Å². The van der Waals surface area contributed by atoms with Gasteiger partial charge in [-0.25, -0.2) is 0 Å². The van der Waals surface area contributed by atoms with Gasteiger partial charge in [0.05, 0.1) is 11.1 Å². The Morgan fingerprint density at radius 1 is 1.28 bits per heavy atom. The highest BCUT2D eigenvalue weighted by Crippen LogP contribution is 2.45. The Morgan fingerprint density at radius 2 is 2.04 bits per heavy atom. The molecule has 4 rings (SSSR count). The van der Waals surface area contributed by atoms with Gasteiger partial charge in [0.25, 0.3) is 0 Å². The van der Waals surface area contributed by atoms with Gasteiger partial charge >= 0.3 is 0 Å². The maximum atomic E-state index is 13.1. The minimum absolute atomic E-state index is 0.0847. The monoisotopic (exact) mass is 340 g/mol. The molecule has 0 aliphatic carbocycles. The molecule has 0 radical (unpaired) electrons. The number of aromatic nitrogens is 2. The van der Waals surface area contributed by atoms with Crippen molar-refractivity contribution in [3.05, 3.63) is 23.4 Å². The average molecular weight is 340 g/mol. The molecule has 1 N–H and O–H groups in total. The smallest absolute Gasteiger partial charge is 0.239 e. The molecule has 1 aromatic heterocycles. The predicted molar refractivity (Wildman–Crippen MR) is 97.0 cm³/mol. The summed E-state index contributed by atoms with van der Waals surface area (Å²) >= 11 is 0. The van der Waals surface area contributed by atoms with Crippen molar-refractivity contribution in [3.63, 3.8) is 0 Å². The standard InChI is InChI=1S/C19H24N4O2/c1-11-13-8-15-16(9-14(13)17(24)21-20-11)23(18(25)19(15,2)3)10-12-6-5-7-22(12)4/h8-9,12H,5-7,10H2,1-4H3,(H,21,24). The number of nitrogens with zero attached hydrogens (tertiary/aromatic N) is 4. The van der Waals surface area contributed by atoms with Crippen molar-refractivity contribution in [1.29, 1.82) is 0 Å². The molecule has 132 valence electrons. The fourth-order valence-corrected chi connectivity index (χ4v) is 4.19. The van der Waals surface area contributed by atoms with Crippen molar-refractivity contribution in [2.45, 2.75) is 45.1 Å². The second-order valence-electron chi connectivity index (χ2n) is 7.84. The van der Waals surface area contributed by atoms with Gasteiger partial charge in [0, 0.05) is 29.0 Å². The highest BCUT2D eigenvalue weighted by atomic mass is 16.3. The molecular weight excluding hydrogens is 316 g/mol. The van der Waals surface area contributed by atoms with Gasteiger partial charge in [-0.1, -0.05) is 0 Å². The zero-order valence-corrected chi connectivity index (χ0v) is 15.2. The van der Waals surface area contributed by atoms with Crippen LogP contribution >= 0.6 is 0 Å². The lowest BCUT2D eigenvalue weighted by molar-refractivity contribution is -0.122. The molecule has 0 bridgehead atoms. The van der Waals surface area contributed by atoms with Crippen LogP contribution in [0.5, 0.6) is 5.88 Å². The molecule has 0 spiro atoms. The lowest BCUT2D eigenvalue weighted by atomic mass is 9.85. The van der Waals surface area contributed by atoms with Crippen LogP contribution < -0.4 is 4.90 Å². The van der Waals surface area contributed by atoms with E-state index in [0.29, 0.717) is 18.0 Å². The molecule has 25 heavy (non-hydrogen) atoms. The summed E-state index contributed by atoms with van der Waals surface area (Å²) in [6.07, 6.45) is 2.28. The van der Waals surface area contributed by atoms with Gasteiger partial charge in [-0.2, -0.15) is 5.10 Å². The van der Waals surface area contributed by atoms with E-state index in [1.165, 1.54) is 6.42 Å². The Kier molecular flexibility index (Phi) is 3.51. The van der Waals surface area contributed by atoms with Gasteiger partial charge < -0.3 is 14.9 Å². The fraction of sp³-hybridized carbons (Fsp3) is 0.526. The van der Waals surface area contributed by atoms with Crippen LogP contribution in [-0.2, 0) is 10.2 Å². The SMILES string of the molecule is Cc1nnc(O)c2cc3c(cc12)C(C)(C)C(=O)N3CC1CCCN1C. The zero-order chi connectivity index (χ0) is 17.9. The van der Waals surface area contributed by atoms with E-state index in [2.05, 4.69) is 22.1 Å². The average Bonchev–Trinajstić information content (AvgIpc) is 3.06. The molecule has 0 saturated carbocycles. The summed E-state index contributed by atoms with van der Waals surface area (Å²) in [5.41, 5.74) is 2.07. The molecule has 6 heteroatoms. The number of aromatic hydroxyl groups is 1. The first-order chi connectivity index (χ1) is 11.8. The van der Waals surface area contributed by atoms with Crippen molar-refractivity contribution in [3.8, 4) is 5.88 Å². The molecule has 2 aliphatic heterocycles. The summed E-state index contributed by atoms with van der Waals surface area (Å²) in [6.45, 7) is 7.59. The van der Waals surface area contributed by atoms with E-state index in [0.717, 1.165) is 35.3 Å². The van der Waals surface area contributed by atoms with E-state index < -0.39 is 5.41 Å². The number of hydrogen-bond donors (Lipinski definition) is 1. The van der Waals surface area contributed by atoms with Crippen molar-refractivity contribution in [1.82, 2.24) is 15.1 Å². The number of benzene rings is 1. The van der Waals surface area contributed by atoms with Crippen LogP contribution in [0.2, 0.25) is 0 Å². The Hall–Kier alpha value is -2.21. The second kappa shape index (κ2) is 5.39. The Bertz CT molecular complexity index is 877. The largest absolute Gasteiger partial charge is 0.492 e. The Balaban J connectivity index is 1.86. The minimum atomic E-state index is -0.577. The third kappa shape index (κ3) is 2.31. The van der Waals surface area contributed by atoms with Crippen LogP contribution in [-0.4, -0.2) is 52.3 Å². The fourth-order valence-electron chi connectivity index (χ4n) is 4.19. The van der Waals surface area contributed by atoms with Crippen molar-refractivity contribution in [2.24, 2.45) is 0 Å². The van der Waals surface area contributed by atoms with E-state index in [1.807, 2.05) is 37.8 Å². The quantitative estimate of drug-likeness (QED) is 0.909. The number of anilines is 1. The first-order valence-electron chi connectivity index (χ1n) is 8.83. The summed E-state index contributed by atoms with van der Waals surface area (Å²) in [7, 11) is 2.12. The maximum absolute atomic E-state index is 13.1. The molecule has 1 unspecified atom stereocenters. The molecule has 3 heterocycles. The van der Waals surface area contributed by atoms with E-state index in [9.17, 15) is 9.90 Å². The molecule has 1 fully saturated rings. The number of likely N-dealkylation sites (tertiary alicyclic amines) is 1. The van der Waals surface area contributed by atoms with Crippen LogP contribution in [0.25, 0.3) is 10.8 Å². The van der Waals surface area contributed by atoms with E-state index >= 15 is 0 Å². The number of aryl methyl sites for hydroxylation is 1. The number of amides is 1. The zero-order valence-electron chi connectivity index (χ0n) is 15.2. The van der Waals surface area contributed by atoms with Crippen LogP contribution in [0.4, 0.5) is 5.69 Å². The van der Waals surface area contributed by atoms with Gasteiger partial charge in [0.2, 0.25) is 11.8 Å². The van der Waals surface area contributed by atoms with Crippen molar-refractivity contribution < 1.29 is 9.90 Å². The molecule has 1 aromatic carbocycles. The number of carbonyl (C=O) groups is 1. The van der Waals surface area contributed by atoms with Crippen LogP contribution in [0.15, 0.2) is 12.1 Å². The van der Waals surface area contributed by atoms with Crippen LogP contribution in [0.3, 0.4) is 0 Å². The first kappa shape index (κ1) is 16.3. The summed E-state index contributed by atoms with van der Waals surface area (Å²) < 4.78 is 0. The predicted octanol–water partition coefficient (Wildman–Crippen LogP) is 2.36. The maximum Gasteiger partial charge on any atom is 0.239 e. The highest BCUT2D eigenvalue weighted by molar-refractivity contribution is 6.10. The van der Waals surface area contributed by atoms with Crippen LogP contribution in [0.1, 0.15) is 37.9 Å². The van der Waals surface area contributed by atoms with Gasteiger partial charge in [-0.05, 0) is 64.9 Å². The topological polar surface area (TPSA) is 69.6 Å². The van der Waals surface area contributed by atoms with Gasteiger partial charge in [0.15, 0.2) is 0 Å². The molecular formula is C19H24N4O2. The number of rotatable bonds is 2. The normalized spacial score (nSPS) is 22.8. The van der Waals surface area contributed by atoms with E-state index in [1.54, 1.807) is 0 Å². The molecule has 6 nitrogen and oxygen atoms in total. The summed E-state index contributed by atoms with van der Waals surface area (Å²) in [5.74, 6) is 0.0367. The van der Waals surface area contributed by atoms with Crippen LogP contribution in [0, 0.1) is 6.92 Å². The van der Waals surface area contributed by atoms with Gasteiger partial charge in [-0.15, -0.1) is 5.10 Å². The number of likely N-dealkylation sites (N-methyl/N-ethyl adjacent to an activating group) is 1. The second-order valence-corrected chi connectivity index (χ2v) is 7.84. The van der Waals surface area contributed by atoms with Crippen molar-refractivity contribution in [2.75, 3.05) is 25.0 Å². The third-order valence-corrected chi connectivity index (χ3v) is 5.87. The van der Waals surface area contributed by atoms with Gasteiger partial charge in [-0.3, -0.25) is 4.79 Å². The number of fused-ring (bicyclic) bond motifs is 2. The summed E-state index contributed by atoms with van der Waals surface area (Å²) in [4.78, 5) is 17.4. The molecule has 1 saturated heterocycles. The molecule has 1 amide bonds. The minimum Gasteiger partial charge on any atom is -0.492 e. The summed E-state index contributed by atoms with van der Waals surface area (Å²) in [6, 6.07) is 4.29. The first-order valence-corrected chi connectivity index (χ1v) is 8.83. The third-order valence-electron chi connectivity index (χ3n) is 5.87. The Labute approximate surface area is 147 Å². The van der Waals surface area contributed by atoms with E-state index in [4.69, 9.17) is 0 Å². The lowest BCUT2D eigenvalue weighted by Gasteiger charge is -2.27. The van der Waals surface area contributed by atoms with Gasteiger partial charge in [0.1, 0.15) is 0 Å². The Morgan fingerprint density at radius 3 is 2.72 bits per heavy atom.